The van der Waals surface area contributed by atoms with Crippen molar-refractivity contribution in [2.24, 2.45) is 10.7 Å². The molecule has 0 fully saturated rings. The number of carbonyl (C=O) groups is 1. The van der Waals surface area contributed by atoms with Gasteiger partial charge in [-0.05, 0) is 0 Å². The molecule has 1 aromatic rings. The van der Waals surface area contributed by atoms with E-state index < -0.39 is 32.8 Å². The average Bonchev–Trinajstić information content (AvgIpc) is 2.41. The number of carbonyl (C=O) groups excluding carboxylic acids is 1. The quantitative estimate of drug-likeness (QED) is 0.430. The van der Waals surface area contributed by atoms with E-state index in [1.54, 1.807) is 0 Å². The molecule has 0 bridgehead atoms. The summed E-state index contributed by atoms with van der Waals surface area (Å²) in [6.07, 6.45) is 0.750. The zero-order valence-electron chi connectivity index (χ0n) is 13.8. The van der Waals surface area contributed by atoms with Crippen molar-refractivity contribution < 1.29 is 9.53 Å². The second-order valence-electron chi connectivity index (χ2n) is 5.95. The van der Waals surface area contributed by atoms with E-state index in [4.69, 9.17) is 10.5 Å². The predicted molar refractivity (Wildman–Crippen MR) is 91.7 cm³/mol. The van der Waals surface area contributed by atoms with Crippen LogP contribution in [0.4, 0.5) is 10.5 Å². The summed E-state index contributed by atoms with van der Waals surface area (Å²) in [5.41, 5.74) is 7.30. The molecule has 0 heterocycles. The number of nitrogens with two attached hydrogens (primary N) is 1. The molecule has 6 heteroatoms. The molecule has 5 nitrogen and oxygen atoms in total. The second kappa shape index (κ2) is 9.02. The number of nitrogens with one attached hydrogen (secondary N) is 1. The minimum atomic E-state index is -0.702. The van der Waals surface area contributed by atoms with Gasteiger partial charge in [0.15, 0.2) is 0 Å². The minimum absolute atomic E-state index is 0.410. The Balaban J connectivity index is 2.59. The third kappa shape index (κ3) is 8.26. The molecule has 0 atom stereocenters. The van der Waals surface area contributed by atoms with Crippen LogP contribution in [0.1, 0.15) is 39.7 Å². The van der Waals surface area contributed by atoms with Gasteiger partial charge in [-0.1, -0.05) is 0 Å². The van der Waals surface area contributed by atoms with Crippen LogP contribution >= 0.6 is 0 Å². The maximum atomic E-state index is 11.6. The molecule has 1 amide bonds. The molecule has 0 aliphatic carbocycles. The van der Waals surface area contributed by atoms with Crippen LogP contribution < -0.4 is 11.1 Å². The Morgan fingerprint density at radius 1 is 1.41 bits per heavy atom. The fourth-order valence-corrected chi connectivity index (χ4v) is 3.69. The van der Waals surface area contributed by atoms with Gasteiger partial charge in [0, 0.05) is 0 Å². The first-order valence-electron chi connectivity index (χ1n) is 7.44. The van der Waals surface area contributed by atoms with Gasteiger partial charge in [0.1, 0.15) is 0 Å². The summed E-state index contributed by atoms with van der Waals surface area (Å²) in [7, 11) is 0. The van der Waals surface area contributed by atoms with Gasteiger partial charge >= 0.3 is 143 Å². The summed E-state index contributed by atoms with van der Waals surface area (Å²) >= 11 is -0.702. The predicted octanol–water partition coefficient (Wildman–Crippen LogP) is 3.19. The van der Waals surface area contributed by atoms with Crippen molar-refractivity contribution in [1.82, 2.24) is 5.32 Å². The van der Waals surface area contributed by atoms with Crippen LogP contribution in [-0.2, 0) is 11.3 Å². The standard InChI is InChI=1S/C13H18N3O2.C3H7.Sn/c1-13(2,3)18-12(17)15-8-10-5-4-6-11(7-10)16-9-14;1-3-2;/h4-7H,8H2,1-3H3,(H2,14,16)(H,15,17);1,3H2,2H3;/q;;+2. The first kappa shape index (κ1) is 18.8. The molecule has 0 aliphatic rings. The normalized spacial score (nSPS) is 11.7. The first-order valence-corrected chi connectivity index (χ1v) is 10.9. The van der Waals surface area contributed by atoms with E-state index in [0.717, 1.165) is 15.1 Å². The molecule has 0 spiro atoms. The zero-order valence-corrected chi connectivity index (χ0v) is 16.6. The van der Waals surface area contributed by atoms with Gasteiger partial charge in [0.2, 0.25) is 0 Å². The van der Waals surface area contributed by atoms with Gasteiger partial charge in [-0.2, -0.15) is 0 Å². The number of benzene rings is 1. The van der Waals surface area contributed by atoms with E-state index in [2.05, 4.69) is 17.2 Å². The summed E-state index contributed by atoms with van der Waals surface area (Å²) in [5.74, 6) is 0. The van der Waals surface area contributed by atoms with Crippen molar-refractivity contribution in [3.05, 3.63) is 29.8 Å². The molecule has 118 valence electrons. The van der Waals surface area contributed by atoms with Gasteiger partial charge in [-0.25, -0.2) is 0 Å². The Labute approximate surface area is 142 Å². The molecule has 0 saturated carbocycles. The number of amides is 1. The molecular weight excluding hydrogens is 385 g/mol. The van der Waals surface area contributed by atoms with Crippen LogP contribution in [0.5, 0.6) is 0 Å². The molecule has 1 aromatic carbocycles. The topological polar surface area (TPSA) is 76.7 Å². The van der Waals surface area contributed by atoms with Crippen molar-refractivity contribution in [3.8, 4) is 0 Å². The molecule has 0 radical (unpaired) electrons. The van der Waals surface area contributed by atoms with Gasteiger partial charge in [0.05, 0.1) is 0 Å². The summed E-state index contributed by atoms with van der Waals surface area (Å²) in [6, 6.07) is 7.73. The molecule has 0 aromatic heterocycles. The number of ether oxygens (including phenoxy) is 1. The van der Waals surface area contributed by atoms with E-state index in [9.17, 15) is 4.79 Å². The fourth-order valence-electron chi connectivity index (χ4n) is 1.66. The van der Waals surface area contributed by atoms with Crippen molar-refractivity contribution in [1.29, 1.82) is 0 Å². The van der Waals surface area contributed by atoms with Gasteiger partial charge in [-0.15, -0.1) is 0 Å². The molecular formula is C16H25N3O2Sn+2. The first-order chi connectivity index (χ1) is 10.3. The van der Waals surface area contributed by atoms with Crippen molar-refractivity contribution in [2.45, 2.75) is 50.7 Å². The van der Waals surface area contributed by atoms with Gasteiger partial charge in [-0.3, -0.25) is 0 Å². The maximum absolute atomic E-state index is 11.6. The number of hydrogen-bond donors (Lipinski definition) is 2. The molecule has 1 rings (SSSR count). The molecule has 3 N–H and O–H groups in total. The third-order valence-corrected chi connectivity index (χ3v) is 6.05. The Hall–Kier alpha value is -1.24. The summed E-state index contributed by atoms with van der Waals surface area (Å²) < 4.78 is 7.22. The van der Waals surface area contributed by atoms with Crippen LogP contribution in [0.25, 0.3) is 0 Å². The third-order valence-electron chi connectivity index (χ3n) is 2.55. The van der Waals surface area contributed by atoms with Crippen LogP contribution in [0.15, 0.2) is 29.3 Å². The number of aliphatic imine (C=N–C) groups is 1. The van der Waals surface area contributed by atoms with E-state index in [1.165, 1.54) is 10.9 Å². The summed E-state index contributed by atoms with van der Waals surface area (Å²) in [4.78, 5) is 16.1. The number of hydrogen-bond acceptors (Lipinski definition) is 3. The molecule has 0 saturated heterocycles. The fraction of sp³-hybridized carbons (Fsp3) is 0.500. The molecule has 0 aliphatic heterocycles. The number of rotatable bonds is 6. The van der Waals surface area contributed by atoms with Crippen molar-refractivity contribution in [3.63, 3.8) is 0 Å². The SMILES string of the molecule is CC[CH2][Sn+2][C](N)=Nc1cccc(CNC(=O)OC(C)(C)C)c1. The summed E-state index contributed by atoms with van der Waals surface area (Å²) in [5, 5.41) is 2.74. The van der Waals surface area contributed by atoms with E-state index in [1.807, 2.05) is 45.0 Å². The van der Waals surface area contributed by atoms with Crippen LogP contribution in [-0.4, -0.2) is 36.7 Å². The second-order valence-corrected chi connectivity index (χ2v) is 9.85. The van der Waals surface area contributed by atoms with Crippen LogP contribution in [0, 0.1) is 0 Å². The summed E-state index contributed by atoms with van der Waals surface area (Å²) in [6.45, 7) is 8.09. The molecule has 0 unspecified atom stereocenters. The monoisotopic (exact) mass is 411 g/mol. The van der Waals surface area contributed by atoms with Gasteiger partial charge in [0.25, 0.3) is 0 Å². The van der Waals surface area contributed by atoms with E-state index in [-0.39, 0.29) is 0 Å². The number of amidine groups is 1. The van der Waals surface area contributed by atoms with Crippen LogP contribution in [0.3, 0.4) is 0 Å². The number of alkyl carbamates (subject to hydrolysis) is 1. The van der Waals surface area contributed by atoms with Crippen molar-refractivity contribution >= 4 is 36.8 Å². The van der Waals surface area contributed by atoms with Crippen molar-refractivity contribution in [2.75, 3.05) is 0 Å². The van der Waals surface area contributed by atoms with Crippen LogP contribution in [0.2, 0.25) is 4.44 Å². The Kier molecular flexibility index (Phi) is 7.71. The Morgan fingerprint density at radius 2 is 2.14 bits per heavy atom. The molecule has 22 heavy (non-hydrogen) atoms. The van der Waals surface area contributed by atoms with Gasteiger partial charge < -0.3 is 0 Å². The van der Waals surface area contributed by atoms with E-state index >= 15 is 0 Å². The Morgan fingerprint density at radius 3 is 2.77 bits per heavy atom. The Bertz CT molecular complexity index is 524. The van der Waals surface area contributed by atoms with E-state index in [0.29, 0.717) is 6.54 Å². The zero-order chi connectivity index (χ0) is 16.6. The average molecular weight is 410 g/mol. The number of nitrogens with zero attached hydrogens (tertiary/aromatic N) is 1.